The van der Waals surface area contributed by atoms with E-state index in [9.17, 15) is 9.59 Å². The van der Waals surface area contributed by atoms with Gasteiger partial charge in [-0.15, -0.1) is 0 Å². The molecule has 3 aromatic rings. The molecule has 0 spiro atoms. The summed E-state index contributed by atoms with van der Waals surface area (Å²) in [5.41, 5.74) is 1.99. The van der Waals surface area contributed by atoms with E-state index in [0.717, 1.165) is 47.7 Å². The normalized spacial score (nSPS) is 15.6. The highest BCUT2D eigenvalue weighted by Crippen LogP contribution is 2.25. The van der Waals surface area contributed by atoms with E-state index >= 15 is 0 Å². The molecule has 2 amide bonds. The van der Waals surface area contributed by atoms with Gasteiger partial charge in [-0.3, -0.25) is 4.79 Å². The Balaban J connectivity index is 1.47. The second-order valence-corrected chi connectivity index (χ2v) is 8.44. The minimum absolute atomic E-state index is 0.0431. The minimum Gasteiger partial charge on any atom is -0.446 e. The van der Waals surface area contributed by atoms with Crippen molar-refractivity contribution in [2.24, 2.45) is 0 Å². The molecule has 4 rings (SSSR count). The van der Waals surface area contributed by atoms with Crippen LogP contribution < -0.4 is 10.6 Å². The summed E-state index contributed by atoms with van der Waals surface area (Å²) in [6, 6.07) is 17.9. The van der Waals surface area contributed by atoms with Gasteiger partial charge in [-0.05, 0) is 49.8 Å². The first-order valence-electron chi connectivity index (χ1n) is 10.9. The van der Waals surface area contributed by atoms with E-state index in [1.54, 1.807) is 6.92 Å². The number of benzene rings is 2. The third-order valence-electron chi connectivity index (χ3n) is 5.97. The standard InChI is InChI=1S/C25H29N3O3/c1-25(28-24(30)31-20-10-7-11-20,16-19-17-27-22-13-6-5-12-21(19)22)23(29)26-15-14-18-8-3-2-4-9-18/h2-6,8-9,12-13,17,20,27H,7,10-11,14-16H2,1H3,(H,26,29)(H,28,30)/t25-/m1/s1. The summed E-state index contributed by atoms with van der Waals surface area (Å²) in [7, 11) is 0. The predicted molar refractivity (Wildman–Crippen MR) is 121 cm³/mol. The van der Waals surface area contributed by atoms with Gasteiger partial charge in [0, 0.05) is 30.1 Å². The Labute approximate surface area is 182 Å². The van der Waals surface area contributed by atoms with Gasteiger partial charge in [0.25, 0.3) is 0 Å². The van der Waals surface area contributed by atoms with E-state index in [1.165, 1.54) is 0 Å². The van der Waals surface area contributed by atoms with Crippen molar-refractivity contribution in [3.8, 4) is 0 Å². The van der Waals surface area contributed by atoms with Crippen LogP contribution in [0.4, 0.5) is 4.79 Å². The van der Waals surface area contributed by atoms with E-state index in [4.69, 9.17) is 4.74 Å². The van der Waals surface area contributed by atoms with E-state index in [1.807, 2.05) is 60.8 Å². The van der Waals surface area contributed by atoms with Gasteiger partial charge in [-0.25, -0.2) is 4.79 Å². The lowest BCUT2D eigenvalue weighted by molar-refractivity contribution is -0.127. The number of alkyl carbamates (subject to hydrolysis) is 1. The number of amides is 2. The molecule has 0 aliphatic heterocycles. The number of nitrogens with one attached hydrogen (secondary N) is 3. The van der Waals surface area contributed by atoms with Crippen LogP contribution in [0.1, 0.15) is 37.3 Å². The average Bonchev–Trinajstić information content (AvgIpc) is 3.14. The molecule has 3 N–H and O–H groups in total. The van der Waals surface area contributed by atoms with Crippen molar-refractivity contribution in [1.82, 2.24) is 15.6 Å². The van der Waals surface area contributed by atoms with Gasteiger partial charge in [-0.1, -0.05) is 48.5 Å². The summed E-state index contributed by atoms with van der Waals surface area (Å²) in [4.78, 5) is 29.0. The molecule has 1 aliphatic carbocycles. The van der Waals surface area contributed by atoms with Gasteiger partial charge in [-0.2, -0.15) is 0 Å². The summed E-state index contributed by atoms with van der Waals surface area (Å²) in [5.74, 6) is -0.223. The number of aromatic nitrogens is 1. The molecule has 1 aromatic heterocycles. The number of carbonyl (C=O) groups excluding carboxylic acids is 2. The van der Waals surface area contributed by atoms with Gasteiger partial charge in [0.15, 0.2) is 0 Å². The zero-order chi connectivity index (χ0) is 21.7. The number of hydrogen-bond acceptors (Lipinski definition) is 3. The van der Waals surface area contributed by atoms with Crippen LogP contribution in [0, 0.1) is 0 Å². The predicted octanol–water partition coefficient (Wildman–Crippen LogP) is 4.11. The lowest BCUT2D eigenvalue weighted by Crippen LogP contribution is -2.59. The Kier molecular flexibility index (Phi) is 6.26. The molecule has 0 saturated heterocycles. The van der Waals surface area contributed by atoms with Crippen LogP contribution in [0.3, 0.4) is 0 Å². The Morgan fingerprint density at radius 2 is 1.84 bits per heavy atom. The van der Waals surface area contributed by atoms with Gasteiger partial charge in [0.1, 0.15) is 11.6 Å². The molecule has 6 nitrogen and oxygen atoms in total. The molecule has 0 unspecified atom stereocenters. The highest BCUT2D eigenvalue weighted by Gasteiger charge is 2.37. The van der Waals surface area contributed by atoms with Crippen LogP contribution in [0.5, 0.6) is 0 Å². The van der Waals surface area contributed by atoms with Crippen LogP contribution in [0.2, 0.25) is 0 Å². The summed E-state index contributed by atoms with van der Waals surface area (Å²) in [5, 5.41) is 6.90. The quantitative estimate of drug-likeness (QED) is 0.514. The molecule has 6 heteroatoms. The molecule has 1 fully saturated rings. The van der Waals surface area contributed by atoms with E-state index < -0.39 is 11.6 Å². The van der Waals surface area contributed by atoms with Crippen molar-refractivity contribution in [3.63, 3.8) is 0 Å². The van der Waals surface area contributed by atoms with Crippen LogP contribution in [-0.4, -0.2) is 35.2 Å². The van der Waals surface area contributed by atoms with Crippen molar-refractivity contribution in [3.05, 3.63) is 71.9 Å². The molecular weight excluding hydrogens is 390 g/mol. The zero-order valence-electron chi connectivity index (χ0n) is 17.8. The number of hydrogen-bond donors (Lipinski definition) is 3. The molecule has 31 heavy (non-hydrogen) atoms. The van der Waals surface area contributed by atoms with Crippen LogP contribution >= 0.6 is 0 Å². The molecule has 1 atom stereocenters. The molecule has 0 radical (unpaired) electrons. The molecule has 0 bridgehead atoms. The molecule has 1 aliphatic rings. The Hall–Kier alpha value is -3.28. The minimum atomic E-state index is -1.14. The third-order valence-corrected chi connectivity index (χ3v) is 5.97. The highest BCUT2D eigenvalue weighted by atomic mass is 16.6. The number of para-hydroxylation sites is 1. The zero-order valence-corrected chi connectivity index (χ0v) is 17.8. The summed E-state index contributed by atoms with van der Waals surface area (Å²) in [6.45, 7) is 2.25. The van der Waals surface area contributed by atoms with Gasteiger partial charge >= 0.3 is 6.09 Å². The van der Waals surface area contributed by atoms with E-state index in [0.29, 0.717) is 13.0 Å². The molecule has 1 heterocycles. The Morgan fingerprint density at radius 1 is 1.10 bits per heavy atom. The maximum Gasteiger partial charge on any atom is 0.408 e. The van der Waals surface area contributed by atoms with Crippen molar-refractivity contribution < 1.29 is 14.3 Å². The largest absolute Gasteiger partial charge is 0.446 e. The first kappa shape index (κ1) is 21.0. The van der Waals surface area contributed by atoms with Crippen molar-refractivity contribution in [2.45, 2.75) is 50.7 Å². The van der Waals surface area contributed by atoms with Crippen LogP contribution in [-0.2, 0) is 22.4 Å². The molecular formula is C25H29N3O3. The highest BCUT2D eigenvalue weighted by molar-refractivity contribution is 5.91. The second-order valence-electron chi connectivity index (χ2n) is 8.44. The average molecular weight is 420 g/mol. The number of carbonyl (C=O) groups is 2. The van der Waals surface area contributed by atoms with Gasteiger partial charge in [0.05, 0.1) is 0 Å². The summed E-state index contributed by atoms with van der Waals surface area (Å²) < 4.78 is 5.47. The Bertz CT molecular complexity index is 1040. The number of fused-ring (bicyclic) bond motifs is 1. The van der Waals surface area contributed by atoms with Crippen LogP contribution in [0.25, 0.3) is 10.9 Å². The van der Waals surface area contributed by atoms with Crippen molar-refractivity contribution in [2.75, 3.05) is 6.54 Å². The number of ether oxygens (including phenoxy) is 1. The van der Waals surface area contributed by atoms with Crippen molar-refractivity contribution in [1.29, 1.82) is 0 Å². The fourth-order valence-corrected chi connectivity index (χ4v) is 3.89. The summed E-state index contributed by atoms with van der Waals surface area (Å²) in [6.07, 6.45) is 5.25. The SMILES string of the molecule is C[C@](Cc1c[nH]c2ccccc12)(NC(=O)OC1CCC1)C(=O)NCCc1ccccc1. The van der Waals surface area contributed by atoms with Gasteiger partial charge in [0.2, 0.25) is 5.91 Å². The van der Waals surface area contributed by atoms with Gasteiger partial charge < -0.3 is 20.4 Å². The number of aromatic amines is 1. The third kappa shape index (κ3) is 5.08. The lowest BCUT2D eigenvalue weighted by atomic mass is 9.91. The maximum absolute atomic E-state index is 13.2. The number of H-pyrrole nitrogens is 1. The molecule has 1 saturated carbocycles. The first-order chi connectivity index (χ1) is 15.0. The Morgan fingerprint density at radius 3 is 2.58 bits per heavy atom. The maximum atomic E-state index is 13.2. The van der Waals surface area contributed by atoms with Crippen molar-refractivity contribution >= 4 is 22.9 Å². The monoisotopic (exact) mass is 419 g/mol. The number of rotatable bonds is 8. The smallest absolute Gasteiger partial charge is 0.408 e. The topological polar surface area (TPSA) is 83.2 Å². The van der Waals surface area contributed by atoms with Crippen LogP contribution in [0.15, 0.2) is 60.8 Å². The second kappa shape index (κ2) is 9.25. The molecule has 2 aromatic carbocycles. The van der Waals surface area contributed by atoms with E-state index in [2.05, 4.69) is 15.6 Å². The molecule has 162 valence electrons. The fourth-order valence-electron chi connectivity index (χ4n) is 3.89. The fraction of sp³-hybridized carbons (Fsp3) is 0.360. The summed E-state index contributed by atoms with van der Waals surface area (Å²) >= 11 is 0. The van der Waals surface area contributed by atoms with E-state index in [-0.39, 0.29) is 12.0 Å². The lowest BCUT2D eigenvalue weighted by Gasteiger charge is -2.32. The first-order valence-corrected chi connectivity index (χ1v) is 10.9.